The van der Waals surface area contributed by atoms with Crippen LogP contribution in [0, 0.1) is 23.6 Å². The Morgan fingerprint density at radius 1 is 1.17 bits per heavy atom. The largest absolute Gasteiger partial charge is 0.478 e. The quantitative estimate of drug-likeness (QED) is 0.738. The lowest BCUT2D eigenvalue weighted by Crippen LogP contribution is -2.63. The lowest BCUT2D eigenvalue weighted by atomic mass is 9.68. The lowest BCUT2D eigenvalue weighted by Gasteiger charge is -2.56. The second-order valence-electron chi connectivity index (χ2n) is 8.39. The molecule has 0 amide bonds. The molecule has 0 bridgehead atoms. The minimum absolute atomic E-state index is 0.128. The first-order valence-electron chi connectivity index (χ1n) is 10.3. The normalized spacial score (nSPS) is 30.9. The predicted octanol–water partition coefficient (Wildman–Crippen LogP) is 2.58. The minimum atomic E-state index is -3.69. The number of piperidine rings is 3. The van der Waals surface area contributed by atoms with Crippen LogP contribution in [0.5, 0.6) is 0 Å². The monoisotopic (exact) mass is 422 g/mol. The molecular weight excluding hydrogens is 395 g/mol. The van der Waals surface area contributed by atoms with Gasteiger partial charge in [-0.2, -0.15) is 4.31 Å². The third-order valence-electron chi connectivity index (χ3n) is 6.76. The SMILES string of the molecule is O=C(O)/C=C/CC1CCN2CCCC3CN(S(=O)(=O)c4ccc(F)cc4)CC1C32. The summed E-state index contributed by atoms with van der Waals surface area (Å²) in [5.74, 6) is -0.690. The summed E-state index contributed by atoms with van der Waals surface area (Å²) in [6, 6.07) is 5.39. The van der Waals surface area contributed by atoms with Crippen molar-refractivity contribution in [2.45, 2.75) is 36.6 Å². The number of carboxylic acid groups (broad SMARTS) is 1. The molecule has 0 aliphatic carbocycles. The molecule has 3 aliphatic heterocycles. The van der Waals surface area contributed by atoms with Gasteiger partial charge in [-0.3, -0.25) is 4.90 Å². The van der Waals surface area contributed by atoms with E-state index in [0.29, 0.717) is 25.6 Å². The first-order valence-corrected chi connectivity index (χ1v) is 11.7. The maximum Gasteiger partial charge on any atom is 0.327 e. The number of carbonyl (C=O) groups is 1. The zero-order chi connectivity index (χ0) is 20.6. The Morgan fingerprint density at radius 2 is 1.93 bits per heavy atom. The second-order valence-corrected chi connectivity index (χ2v) is 10.3. The maximum absolute atomic E-state index is 13.3. The smallest absolute Gasteiger partial charge is 0.327 e. The minimum Gasteiger partial charge on any atom is -0.478 e. The summed E-state index contributed by atoms with van der Waals surface area (Å²) >= 11 is 0. The van der Waals surface area contributed by atoms with Crippen molar-refractivity contribution in [2.24, 2.45) is 17.8 Å². The highest BCUT2D eigenvalue weighted by Gasteiger charge is 2.49. The molecule has 3 heterocycles. The Labute approximate surface area is 171 Å². The summed E-state index contributed by atoms with van der Waals surface area (Å²) in [5, 5.41) is 8.89. The van der Waals surface area contributed by atoms with E-state index in [4.69, 9.17) is 5.11 Å². The molecule has 3 aliphatic rings. The van der Waals surface area contributed by atoms with Gasteiger partial charge in [0.05, 0.1) is 4.90 Å². The third kappa shape index (κ3) is 4.11. The first-order chi connectivity index (χ1) is 13.9. The van der Waals surface area contributed by atoms with Crippen molar-refractivity contribution < 1.29 is 22.7 Å². The highest BCUT2D eigenvalue weighted by atomic mass is 32.2. The number of aliphatic carboxylic acids is 1. The molecule has 4 atom stereocenters. The highest BCUT2D eigenvalue weighted by Crippen LogP contribution is 2.44. The van der Waals surface area contributed by atoms with Crippen molar-refractivity contribution in [3.05, 3.63) is 42.2 Å². The number of nitrogens with zero attached hydrogens (tertiary/aromatic N) is 2. The van der Waals surface area contributed by atoms with Gasteiger partial charge in [0.1, 0.15) is 5.82 Å². The standard InChI is InChI=1S/C21H27FN2O4S/c22-17-6-8-18(9-7-17)29(27,28)24-13-16-4-2-11-23-12-10-15(3-1-5-20(25)26)19(14-24)21(16)23/h1,5-9,15-16,19,21H,2-4,10-14H2,(H,25,26)/b5-1+. The van der Waals surface area contributed by atoms with Crippen molar-refractivity contribution in [3.63, 3.8) is 0 Å². The van der Waals surface area contributed by atoms with Crippen molar-refractivity contribution in [2.75, 3.05) is 26.2 Å². The molecule has 158 valence electrons. The molecule has 29 heavy (non-hydrogen) atoms. The Morgan fingerprint density at radius 3 is 2.66 bits per heavy atom. The van der Waals surface area contributed by atoms with Crippen LogP contribution in [0.25, 0.3) is 0 Å². The fourth-order valence-corrected chi connectivity index (χ4v) is 7.03. The highest BCUT2D eigenvalue weighted by molar-refractivity contribution is 7.89. The van der Waals surface area contributed by atoms with E-state index >= 15 is 0 Å². The molecule has 0 aromatic heterocycles. The number of hydrogen-bond acceptors (Lipinski definition) is 4. The Bertz CT molecular complexity index is 886. The molecule has 8 heteroatoms. The lowest BCUT2D eigenvalue weighted by molar-refractivity contribution is -0.131. The summed E-state index contributed by atoms with van der Waals surface area (Å²) in [6.45, 7) is 2.98. The molecule has 1 aromatic rings. The van der Waals surface area contributed by atoms with Gasteiger partial charge in [0.2, 0.25) is 10.0 Å². The molecule has 3 saturated heterocycles. The molecule has 0 radical (unpaired) electrons. The van der Waals surface area contributed by atoms with Gasteiger partial charge in [-0.1, -0.05) is 6.08 Å². The molecule has 1 N–H and O–H groups in total. The number of carboxylic acids is 1. The number of hydrogen-bond donors (Lipinski definition) is 1. The van der Waals surface area contributed by atoms with Gasteiger partial charge in [0.15, 0.2) is 0 Å². The van der Waals surface area contributed by atoms with Gasteiger partial charge >= 0.3 is 5.97 Å². The number of benzene rings is 1. The fraction of sp³-hybridized carbons (Fsp3) is 0.571. The van der Waals surface area contributed by atoms with Crippen molar-refractivity contribution in [3.8, 4) is 0 Å². The Hall–Kier alpha value is -1.77. The van der Waals surface area contributed by atoms with Crippen LogP contribution in [0.3, 0.4) is 0 Å². The molecule has 6 nitrogen and oxygen atoms in total. The average Bonchev–Trinajstić information content (AvgIpc) is 2.69. The van der Waals surface area contributed by atoms with E-state index in [1.165, 1.54) is 30.3 Å². The number of allylic oxidation sites excluding steroid dienone is 1. The third-order valence-corrected chi connectivity index (χ3v) is 8.61. The van der Waals surface area contributed by atoms with Crippen LogP contribution in [0.4, 0.5) is 4.39 Å². The van der Waals surface area contributed by atoms with Crippen molar-refractivity contribution in [1.29, 1.82) is 0 Å². The van der Waals surface area contributed by atoms with Gasteiger partial charge in [-0.15, -0.1) is 0 Å². The van der Waals surface area contributed by atoms with E-state index in [1.807, 2.05) is 0 Å². The van der Waals surface area contributed by atoms with E-state index in [2.05, 4.69) is 4.90 Å². The van der Waals surface area contributed by atoms with Gasteiger partial charge in [0.25, 0.3) is 0 Å². The maximum atomic E-state index is 13.3. The number of halogens is 1. The van der Waals surface area contributed by atoms with Crippen LogP contribution in [0.15, 0.2) is 41.3 Å². The average molecular weight is 423 g/mol. The topological polar surface area (TPSA) is 77.9 Å². The molecule has 0 spiro atoms. The number of sulfonamides is 1. The van der Waals surface area contributed by atoms with Crippen LogP contribution < -0.4 is 0 Å². The molecule has 1 aromatic carbocycles. The van der Waals surface area contributed by atoms with Crippen LogP contribution >= 0.6 is 0 Å². The van der Waals surface area contributed by atoms with Crippen LogP contribution in [0.2, 0.25) is 0 Å². The van der Waals surface area contributed by atoms with E-state index in [9.17, 15) is 17.6 Å². The summed E-state index contributed by atoms with van der Waals surface area (Å²) in [7, 11) is -3.69. The predicted molar refractivity (Wildman–Crippen MR) is 106 cm³/mol. The van der Waals surface area contributed by atoms with Crippen LogP contribution in [0.1, 0.15) is 25.7 Å². The molecule has 3 fully saturated rings. The molecule has 0 saturated carbocycles. The summed E-state index contributed by atoms with van der Waals surface area (Å²) in [4.78, 5) is 13.5. The van der Waals surface area contributed by atoms with E-state index in [1.54, 1.807) is 10.4 Å². The summed E-state index contributed by atoms with van der Waals surface area (Å²) in [6.07, 6.45) is 6.56. The molecule has 4 unspecified atom stereocenters. The van der Waals surface area contributed by atoms with E-state index in [0.717, 1.165) is 32.4 Å². The zero-order valence-electron chi connectivity index (χ0n) is 16.3. The van der Waals surface area contributed by atoms with Crippen molar-refractivity contribution >= 4 is 16.0 Å². The van der Waals surface area contributed by atoms with Gasteiger partial charge < -0.3 is 5.11 Å². The van der Waals surface area contributed by atoms with Crippen LogP contribution in [-0.4, -0.2) is 60.9 Å². The number of rotatable bonds is 5. The molecular formula is C21H27FN2O4S. The van der Waals surface area contributed by atoms with Gasteiger partial charge in [0, 0.05) is 25.2 Å². The first kappa shape index (κ1) is 20.5. The fourth-order valence-electron chi connectivity index (χ4n) is 5.50. The van der Waals surface area contributed by atoms with Gasteiger partial charge in [-0.05, 0) is 80.8 Å². The Kier molecular flexibility index (Phi) is 5.77. The van der Waals surface area contributed by atoms with E-state index in [-0.39, 0.29) is 22.6 Å². The second kappa shape index (κ2) is 8.16. The molecule has 4 rings (SSSR count). The van der Waals surface area contributed by atoms with Crippen molar-refractivity contribution in [1.82, 2.24) is 9.21 Å². The summed E-state index contributed by atoms with van der Waals surface area (Å²) < 4.78 is 41.3. The van der Waals surface area contributed by atoms with Gasteiger partial charge in [-0.25, -0.2) is 17.6 Å². The summed E-state index contributed by atoms with van der Waals surface area (Å²) in [5.41, 5.74) is 0. The zero-order valence-corrected chi connectivity index (χ0v) is 17.1. The van der Waals surface area contributed by atoms with Crippen LogP contribution in [-0.2, 0) is 14.8 Å². The Balaban J connectivity index is 1.60. The van der Waals surface area contributed by atoms with E-state index < -0.39 is 21.8 Å².